The van der Waals surface area contributed by atoms with Crippen LogP contribution in [0.15, 0.2) is 29.2 Å². The Balaban J connectivity index is 1.99. The maximum absolute atomic E-state index is 12.0. The van der Waals surface area contributed by atoms with Gasteiger partial charge < -0.3 is 14.6 Å². The van der Waals surface area contributed by atoms with Gasteiger partial charge in [-0.1, -0.05) is 17.7 Å². The molecular formula is C17H26O7S. The van der Waals surface area contributed by atoms with Crippen LogP contribution in [0.1, 0.15) is 31.2 Å². The van der Waals surface area contributed by atoms with Crippen molar-refractivity contribution in [2.45, 2.75) is 37.5 Å². The molecule has 0 spiro atoms. The van der Waals surface area contributed by atoms with E-state index in [9.17, 15) is 13.2 Å². The van der Waals surface area contributed by atoms with Crippen molar-refractivity contribution in [3.63, 3.8) is 0 Å². The van der Waals surface area contributed by atoms with E-state index in [0.717, 1.165) is 18.4 Å². The molecule has 0 heterocycles. The van der Waals surface area contributed by atoms with E-state index in [1.165, 1.54) is 0 Å². The third-order valence-corrected chi connectivity index (χ3v) is 4.61. The lowest BCUT2D eigenvalue weighted by Crippen LogP contribution is -2.09. The van der Waals surface area contributed by atoms with Gasteiger partial charge in [-0.2, -0.15) is 8.42 Å². The molecule has 7 nitrogen and oxygen atoms in total. The molecule has 0 saturated carbocycles. The Morgan fingerprint density at radius 1 is 0.920 bits per heavy atom. The molecule has 0 amide bonds. The van der Waals surface area contributed by atoms with E-state index in [0.29, 0.717) is 32.7 Å². The summed E-state index contributed by atoms with van der Waals surface area (Å²) in [5.74, 6) is -0.979. The van der Waals surface area contributed by atoms with E-state index in [1.807, 2.05) is 6.92 Å². The molecule has 0 fully saturated rings. The number of carbonyl (C=O) groups is 1. The van der Waals surface area contributed by atoms with Crippen LogP contribution >= 0.6 is 0 Å². The van der Waals surface area contributed by atoms with Gasteiger partial charge in [0.25, 0.3) is 10.1 Å². The number of hydrogen-bond donors (Lipinski definition) is 1. The average Bonchev–Trinajstić information content (AvgIpc) is 2.56. The first-order chi connectivity index (χ1) is 11.9. The number of rotatable bonds is 14. The van der Waals surface area contributed by atoms with Crippen LogP contribution in [0.4, 0.5) is 0 Å². The van der Waals surface area contributed by atoms with Crippen molar-refractivity contribution in [3.05, 3.63) is 29.8 Å². The third-order valence-electron chi connectivity index (χ3n) is 3.28. The summed E-state index contributed by atoms with van der Waals surface area (Å²) in [6.45, 7) is 3.20. The minimum Gasteiger partial charge on any atom is -0.480 e. The number of benzene rings is 1. The Morgan fingerprint density at radius 3 is 2.20 bits per heavy atom. The van der Waals surface area contributed by atoms with Gasteiger partial charge in [-0.25, -0.2) is 4.79 Å². The van der Waals surface area contributed by atoms with Crippen LogP contribution in [0.25, 0.3) is 0 Å². The molecule has 0 radical (unpaired) electrons. The summed E-state index contributed by atoms with van der Waals surface area (Å²) >= 11 is 0. The highest BCUT2D eigenvalue weighted by Crippen LogP contribution is 2.13. The number of hydrogen-bond acceptors (Lipinski definition) is 6. The van der Waals surface area contributed by atoms with E-state index in [1.54, 1.807) is 24.3 Å². The molecule has 142 valence electrons. The molecule has 0 bridgehead atoms. The van der Waals surface area contributed by atoms with Crippen molar-refractivity contribution in [1.29, 1.82) is 0 Å². The average molecular weight is 374 g/mol. The quantitative estimate of drug-likeness (QED) is 0.394. The molecule has 1 N–H and O–H groups in total. The van der Waals surface area contributed by atoms with Crippen molar-refractivity contribution in [3.8, 4) is 0 Å². The van der Waals surface area contributed by atoms with Gasteiger partial charge in [0.2, 0.25) is 0 Å². The number of unbranched alkanes of at least 4 members (excludes halogenated alkanes) is 2. The molecule has 0 aliphatic rings. The summed E-state index contributed by atoms with van der Waals surface area (Å²) in [5, 5.41) is 8.38. The summed E-state index contributed by atoms with van der Waals surface area (Å²) in [6.07, 6.45) is 2.89. The lowest BCUT2D eigenvalue weighted by atomic mass is 10.2. The minimum absolute atomic E-state index is 0.152. The first-order valence-electron chi connectivity index (χ1n) is 8.25. The van der Waals surface area contributed by atoms with Gasteiger partial charge in [0.05, 0.1) is 11.5 Å². The van der Waals surface area contributed by atoms with Crippen LogP contribution in [-0.2, 0) is 28.6 Å². The Labute approximate surface area is 149 Å². The Bertz CT molecular complexity index is 596. The van der Waals surface area contributed by atoms with Gasteiger partial charge in [0.15, 0.2) is 0 Å². The maximum Gasteiger partial charge on any atom is 0.329 e. The summed E-state index contributed by atoms with van der Waals surface area (Å²) in [7, 11) is -3.68. The van der Waals surface area contributed by atoms with Crippen molar-refractivity contribution in [2.75, 3.05) is 33.0 Å². The highest BCUT2D eigenvalue weighted by Gasteiger charge is 2.14. The SMILES string of the molecule is Cc1ccc(S(=O)(=O)OCCCCCOCCCOCC(=O)O)cc1. The number of carboxylic acids is 1. The molecule has 0 saturated heterocycles. The van der Waals surface area contributed by atoms with E-state index >= 15 is 0 Å². The highest BCUT2D eigenvalue weighted by atomic mass is 32.2. The van der Waals surface area contributed by atoms with E-state index in [-0.39, 0.29) is 18.1 Å². The maximum atomic E-state index is 12.0. The van der Waals surface area contributed by atoms with Gasteiger partial charge in [-0.15, -0.1) is 0 Å². The zero-order valence-electron chi connectivity index (χ0n) is 14.5. The standard InChI is InChI=1S/C17H26O7S/c1-15-6-8-16(9-7-15)25(20,21)24-13-4-2-3-10-22-11-5-12-23-14-17(18)19/h6-9H,2-5,10-14H2,1H3,(H,18,19). The summed E-state index contributed by atoms with van der Waals surface area (Å²) in [5.41, 5.74) is 0.993. The van der Waals surface area contributed by atoms with Crippen molar-refractivity contribution < 1.29 is 32.0 Å². The van der Waals surface area contributed by atoms with Crippen molar-refractivity contribution >= 4 is 16.1 Å². The molecule has 1 aromatic carbocycles. The summed E-state index contributed by atoms with van der Waals surface area (Å²) < 4.78 is 39.2. The monoisotopic (exact) mass is 374 g/mol. The van der Waals surface area contributed by atoms with Gasteiger partial charge >= 0.3 is 5.97 Å². The lowest BCUT2D eigenvalue weighted by Gasteiger charge is -2.07. The molecule has 0 unspecified atom stereocenters. The van der Waals surface area contributed by atoms with Gasteiger partial charge in [0.1, 0.15) is 6.61 Å². The Morgan fingerprint density at radius 2 is 1.52 bits per heavy atom. The van der Waals surface area contributed by atoms with E-state index in [4.69, 9.17) is 18.8 Å². The van der Waals surface area contributed by atoms with Crippen LogP contribution in [0.3, 0.4) is 0 Å². The second-order valence-electron chi connectivity index (χ2n) is 5.56. The number of aryl methyl sites for hydroxylation is 1. The van der Waals surface area contributed by atoms with Crippen LogP contribution < -0.4 is 0 Å². The molecule has 0 aromatic heterocycles. The molecule has 1 rings (SSSR count). The second-order valence-corrected chi connectivity index (χ2v) is 7.18. The van der Waals surface area contributed by atoms with Crippen LogP contribution in [-0.4, -0.2) is 52.5 Å². The van der Waals surface area contributed by atoms with Crippen molar-refractivity contribution in [1.82, 2.24) is 0 Å². The van der Waals surface area contributed by atoms with E-state index < -0.39 is 16.1 Å². The third kappa shape index (κ3) is 10.2. The van der Waals surface area contributed by atoms with Crippen molar-refractivity contribution in [2.24, 2.45) is 0 Å². The summed E-state index contributed by atoms with van der Waals surface area (Å²) in [6, 6.07) is 6.55. The molecule has 0 atom stereocenters. The fourth-order valence-corrected chi connectivity index (χ4v) is 2.89. The van der Waals surface area contributed by atoms with Crippen LogP contribution in [0, 0.1) is 6.92 Å². The van der Waals surface area contributed by atoms with E-state index in [2.05, 4.69) is 0 Å². The minimum atomic E-state index is -3.68. The normalized spacial score (nSPS) is 11.6. The first-order valence-corrected chi connectivity index (χ1v) is 9.66. The van der Waals surface area contributed by atoms with Crippen LogP contribution in [0.2, 0.25) is 0 Å². The van der Waals surface area contributed by atoms with Gasteiger partial charge in [0, 0.05) is 19.8 Å². The molecular weight excluding hydrogens is 348 g/mol. The van der Waals surface area contributed by atoms with Crippen LogP contribution in [0.5, 0.6) is 0 Å². The number of carboxylic acid groups (broad SMARTS) is 1. The Kier molecular flexibility index (Phi) is 10.3. The highest BCUT2D eigenvalue weighted by molar-refractivity contribution is 7.86. The molecule has 25 heavy (non-hydrogen) atoms. The topological polar surface area (TPSA) is 99.1 Å². The second kappa shape index (κ2) is 12.0. The molecule has 0 aliphatic carbocycles. The molecule has 1 aromatic rings. The zero-order valence-corrected chi connectivity index (χ0v) is 15.3. The number of ether oxygens (including phenoxy) is 2. The fraction of sp³-hybridized carbons (Fsp3) is 0.588. The predicted molar refractivity (Wildman–Crippen MR) is 92.1 cm³/mol. The lowest BCUT2D eigenvalue weighted by molar-refractivity contribution is -0.142. The fourth-order valence-electron chi connectivity index (χ4n) is 1.95. The summed E-state index contributed by atoms with van der Waals surface area (Å²) in [4.78, 5) is 10.4. The predicted octanol–water partition coefficient (Wildman–Crippen LogP) is 2.38. The van der Waals surface area contributed by atoms with Gasteiger partial charge in [-0.3, -0.25) is 4.18 Å². The largest absolute Gasteiger partial charge is 0.480 e. The molecule has 0 aliphatic heterocycles. The zero-order chi connectivity index (χ0) is 18.5. The first kappa shape index (κ1) is 21.6. The number of aliphatic carboxylic acids is 1. The Hall–Kier alpha value is -1.48. The smallest absolute Gasteiger partial charge is 0.329 e. The van der Waals surface area contributed by atoms with Gasteiger partial charge in [-0.05, 0) is 44.7 Å². The molecule has 8 heteroatoms.